The van der Waals surface area contributed by atoms with Crippen molar-refractivity contribution in [3.63, 3.8) is 0 Å². The van der Waals surface area contributed by atoms with Crippen LogP contribution in [0.4, 0.5) is 5.69 Å². The van der Waals surface area contributed by atoms with Crippen LogP contribution >= 0.6 is 0 Å². The summed E-state index contributed by atoms with van der Waals surface area (Å²) in [7, 11) is 0. The maximum atomic E-state index is 12.9. The van der Waals surface area contributed by atoms with Gasteiger partial charge < -0.3 is 14.4 Å². The van der Waals surface area contributed by atoms with E-state index in [1.807, 2.05) is 23.1 Å². The van der Waals surface area contributed by atoms with Gasteiger partial charge in [-0.1, -0.05) is 18.2 Å². The maximum absolute atomic E-state index is 12.9. The highest BCUT2D eigenvalue weighted by atomic mass is 16.5. The van der Waals surface area contributed by atoms with Crippen molar-refractivity contribution < 1.29 is 23.9 Å². The monoisotopic (exact) mass is 376 g/mol. The van der Waals surface area contributed by atoms with Crippen LogP contribution in [-0.4, -0.2) is 62.1 Å². The second-order valence-corrected chi connectivity index (χ2v) is 6.42. The third kappa shape index (κ3) is 6.36. The van der Waals surface area contributed by atoms with E-state index in [0.29, 0.717) is 38.2 Å². The first-order valence-electron chi connectivity index (χ1n) is 9.45. The Bertz CT molecular complexity index is 627. The lowest BCUT2D eigenvalue weighted by Gasteiger charge is -2.32. The molecule has 7 nitrogen and oxygen atoms in total. The molecule has 0 atom stereocenters. The van der Waals surface area contributed by atoms with Crippen LogP contribution in [-0.2, 0) is 23.9 Å². The molecule has 148 valence electrons. The van der Waals surface area contributed by atoms with E-state index in [-0.39, 0.29) is 37.5 Å². The molecule has 0 saturated carbocycles. The SMILES string of the molecule is CCOC(=O)CN(C(=O)CN1CCC(C(=O)OCC)CC1)c1ccccc1. The van der Waals surface area contributed by atoms with Crippen LogP contribution in [0.25, 0.3) is 0 Å². The second kappa shape index (κ2) is 10.7. The topological polar surface area (TPSA) is 76.2 Å². The van der Waals surface area contributed by atoms with Crippen LogP contribution in [0.2, 0.25) is 0 Å². The fourth-order valence-electron chi connectivity index (χ4n) is 3.13. The summed E-state index contributed by atoms with van der Waals surface area (Å²) in [6, 6.07) is 9.10. The number of piperidine rings is 1. The predicted molar refractivity (Wildman–Crippen MR) is 101 cm³/mol. The lowest BCUT2D eigenvalue weighted by Crippen LogP contribution is -2.46. The molecule has 0 spiro atoms. The molecule has 0 aliphatic carbocycles. The number of rotatable bonds is 8. The third-order valence-electron chi connectivity index (χ3n) is 4.53. The molecular weight excluding hydrogens is 348 g/mol. The van der Waals surface area contributed by atoms with Gasteiger partial charge in [0.1, 0.15) is 6.54 Å². The lowest BCUT2D eigenvalue weighted by atomic mass is 9.97. The standard InChI is InChI=1S/C20H28N2O5/c1-3-26-19(24)15-22(17-8-6-5-7-9-17)18(23)14-21-12-10-16(11-13-21)20(25)27-4-2/h5-9,16H,3-4,10-15H2,1-2H3. The number of anilines is 1. The average Bonchev–Trinajstić information content (AvgIpc) is 2.67. The number of hydrogen-bond acceptors (Lipinski definition) is 6. The first-order chi connectivity index (χ1) is 13.0. The highest BCUT2D eigenvalue weighted by molar-refractivity contribution is 5.98. The van der Waals surface area contributed by atoms with Crippen LogP contribution in [0.3, 0.4) is 0 Å². The molecule has 7 heteroatoms. The van der Waals surface area contributed by atoms with E-state index in [2.05, 4.69) is 0 Å². The van der Waals surface area contributed by atoms with E-state index in [1.54, 1.807) is 26.0 Å². The molecule has 0 N–H and O–H groups in total. The van der Waals surface area contributed by atoms with Crippen molar-refractivity contribution in [2.75, 3.05) is 44.3 Å². The summed E-state index contributed by atoms with van der Waals surface area (Å²) in [4.78, 5) is 40.1. The molecule has 1 fully saturated rings. The predicted octanol–water partition coefficient (Wildman–Crippen LogP) is 1.86. The fraction of sp³-hybridized carbons (Fsp3) is 0.550. The van der Waals surface area contributed by atoms with Crippen molar-refractivity contribution in [2.45, 2.75) is 26.7 Å². The zero-order chi connectivity index (χ0) is 19.6. The first kappa shape index (κ1) is 20.9. The summed E-state index contributed by atoms with van der Waals surface area (Å²) < 4.78 is 10.1. The van der Waals surface area contributed by atoms with Gasteiger partial charge >= 0.3 is 11.9 Å². The number of nitrogens with zero attached hydrogens (tertiary/aromatic N) is 2. The number of para-hydroxylation sites is 1. The first-order valence-corrected chi connectivity index (χ1v) is 9.45. The van der Waals surface area contributed by atoms with E-state index >= 15 is 0 Å². The molecule has 0 aromatic heterocycles. The van der Waals surface area contributed by atoms with Crippen molar-refractivity contribution in [3.05, 3.63) is 30.3 Å². The average molecular weight is 376 g/mol. The van der Waals surface area contributed by atoms with Crippen LogP contribution in [0.15, 0.2) is 30.3 Å². The van der Waals surface area contributed by atoms with Gasteiger partial charge in [-0.15, -0.1) is 0 Å². The number of hydrogen-bond donors (Lipinski definition) is 0. The minimum absolute atomic E-state index is 0.0962. The molecule has 1 saturated heterocycles. The van der Waals surface area contributed by atoms with Gasteiger partial charge in [-0.05, 0) is 51.9 Å². The van der Waals surface area contributed by atoms with E-state index in [9.17, 15) is 14.4 Å². The highest BCUT2D eigenvalue weighted by Gasteiger charge is 2.28. The largest absolute Gasteiger partial charge is 0.466 e. The Morgan fingerprint density at radius 2 is 1.67 bits per heavy atom. The van der Waals surface area contributed by atoms with Crippen molar-refractivity contribution in [2.24, 2.45) is 5.92 Å². The summed E-state index contributed by atoms with van der Waals surface area (Å²) in [5.41, 5.74) is 0.664. The molecule has 1 amide bonds. The number of benzene rings is 1. The minimum atomic E-state index is -0.435. The fourth-order valence-corrected chi connectivity index (χ4v) is 3.13. The number of carbonyl (C=O) groups is 3. The van der Waals surface area contributed by atoms with Gasteiger partial charge in [0.05, 0.1) is 25.7 Å². The number of carbonyl (C=O) groups excluding carboxylic acids is 3. The molecule has 1 heterocycles. The van der Waals surface area contributed by atoms with E-state index in [1.165, 1.54) is 4.90 Å². The molecule has 1 aromatic rings. The Kier molecular flexibility index (Phi) is 8.26. The Morgan fingerprint density at radius 3 is 2.26 bits per heavy atom. The zero-order valence-corrected chi connectivity index (χ0v) is 16.1. The maximum Gasteiger partial charge on any atom is 0.326 e. The number of ether oxygens (including phenoxy) is 2. The van der Waals surface area contributed by atoms with E-state index in [0.717, 1.165) is 0 Å². The van der Waals surface area contributed by atoms with Crippen LogP contribution in [0.1, 0.15) is 26.7 Å². The van der Waals surface area contributed by atoms with Gasteiger partial charge in [0, 0.05) is 5.69 Å². The summed E-state index contributed by atoms with van der Waals surface area (Å²) in [5.74, 6) is -0.850. The number of esters is 2. The summed E-state index contributed by atoms with van der Waals surface area (Å²) in [6.45, 7) is 5.58. The minimum Gasteiger partial charge on any atom is -0.466 e. The van der Waals surface area contributed by atoms with Crippen molar-refractivity contribution >= 4 is 23.5 Å². The molecule has 2 rings (SSSR count). The zero-order valence-electron chi connectivity index (χ0n) is 16.1. The molecule has 1 aromatic carbocycles. The van der Waals surface area contributed by atoms with Crippen LogP contribution in [0.5, 0.6) is 0 Å². The van der Waals surface area contributed by atoms with Crippen LogP contribution < -0.4 is 4.90 Å². The molecule has 1 aliphatic rings. The van der Waals surface area contributed by atoms with Gasteiger partial charge in [0.15, 0.2) is 0 Å². The Balaban J connectivity index is 1.96. The van der Waals surface area contributed by atoms with Gasteiger partial charge in [0.25, 0.3) is 0 Å². The Labute approximate surface area is 160 Å². The lowest BCUT2D eigenvalue weighted by molar-refractivity contribution is -0.149. The third-order valence-corrected chi connectivity index (χ3v) is 4.53. The second-order valence-electron chi connectivity index (χ2n) is 6.42. The number of likely N-dealkylation sites (tertiary alicyclic amines) is 1. The summed E-state index contributed by atoms with van der Waals surface area (Å²) in [6.07, 6.45) is 1.35. The molecule has 0 radical (unpaired) electrons. The van der Waals surface area contributed by atoms with E-state index < -0.39 is 5.97 Å². The Hall–Kier alpha value is -2.41. The van der Waals surface area contributed by atoms with Crippen molar-refractivity contribution in [3.8, 4) is 0 Å². The highest BCUT2D eigenvalue weighted by Crippen LogP contribution is 2.20. The van der Waals surface area contributed by atoms with Crippen molar-refractivity contribution in [1.29, 1.82) is 0 Å². The normalized spacial score (nSPS) is 15.2. The molecule has 0 unspecified atom stereocenters. The summed E-state index contributed by atoms with van der Waals surface area (Å²) >= 11 is 0. The smallest absolute Gasteiger partial charge is 0.326 e. The number of amides is 1. The van der Waals surface area contributed by atoms with Gasteiger partial charge in [0.2, 0.25) is 5.91 Å². The molecule has 1 aliphatic heterocycles. The van der Waals surface area contributed by atoms with Gasteiger partial charge in [-0.3, -0.25) is 19.3 Å². The summed E-state index contributed by atoms with van der Waals surface area (Å²) in [5, 5.41) is 0. The van der Waals surface area contributed by atoms with Gasteiger partial charge in [-0.25, -0.2) is 0 Å². The molecule has 0 bridgehead atoms. The van der Waals surface area contributed by atoms with Gasteiger partial charge in [-0.2, -0.15) is 0 Å². The Morgan fingerprint density at radius 1 is 1.04 bits per heavy atom. The van der Waals surface area contributed by atoms with Crippen LogP contribution in [0, 0.1) is 5.92 Å². The molecule has 27 heavy (non-hydrogen) atoms. The van der Waals surface area contributed by atoms with E-state index in [4.69, 9.17) is 9.47 Å². The quantitative estimate of drug-likeness (QED) is 0.645. The molecular formula is C20H28N2O5. The van der Waals surface area contributed by atoms with Crippen molar-refractivity contribution in [1.82, 2.24) is 4.90 Å².